The van der Waals surface area contributed by atoms with Crippen LogP contribution in [-0.2, 0) is 0 Å². The average molecular weight is 659 g/mol. The van der Waals surface area contributed by atoms with Gasteiger partial charge < -0.3 is 0 Å². The fourth-order valence-corrected chi connectivity index (χ4v) is 0. The molecule has 0 aromatic carbocycles. The Bertz CT molecular complexity index is 8.75. The van der Waals surface area contributed by atoms with Crippen molar-refractivity contribution >= 4 is 114 Å². The molecule has 48 valence electrons. The van der Waals surface area contributed by atoms with Crippen molar-refractivity contribution in [1.29, 1.82) is 0 Å². The second-order valence-corrected chi connectivity index (χ2v) is 0. The molecule has 0 rings (SSSR count). The molecule has 0 saturated carbocycles. The van der Waals surface area contributed by atoms with Gasteiger partial charge in [-0.15, -0.1) is 61.2 Å². The molecule has 0 spiro atoms. The van der Waals surface area contributed by atoms with E-state index < -0.39 is 0 Å². The zero-order valence-electron chi connectivity index (χ0n) is 2.63. The van der Waals surface area contributed by atoms with Crippen LogP contribution in [0.15, 0.2) is 0 Å². The molecule has 6 heavy (non-hydrogen) atoms. The minimum atomic E-state index is 0. The zero-order valence-corrected chi connectivity index (χ0v) is 15.2. The molecule has 0 fully saturated rings. The Morgan fingerprint density at radius 2 is 0.500 bits per heavy atom. The molecular formula is H8Cl3IPo2. The van der Waals surface area contributed by atoms with Crippen LogP contribution in [0.2, 0.25) is 0 Å². The van der Waals surface area contributed by atoms with E-state index in [1.807, 2.05) is 0 Å². The summed E-state index contributed by atoms with van der Waals surface area (Å²) in [6, 6.07) is 0. The van der Waals surface area contributed by atoms with Gasteiger partial charge in [0.15, 0.2) is 0 Å². The summed E-state index contributed by atoms with van der Waals surface area (Å²) in [4.78, 5) is 0. The fourth-order valence-electron chi connectivity index (χ4n) is 0. The fraction of sp³-hybridized carbons (Fsp3) is 0. The Morgan fingerprint density at radius 1 is 0.500 bits per heavy atom. The molecule has 0 bridgehead atoms. The summed E-state index contributed by atoms with van der Waals surface area (Å²) in [7, 11) is 0. The van der Waals surface area contributed by atoms with Crippen LogP contribution in [0.1, 0.15) is 0 Å². The predicted octanol–water partition coefficient (Wildman–Crippen LogP) is 0.0510. The summed E-state index contributed by atoms with van der Waals surface area (Å²) in [5.41, 5.74) is 0. The third-order valence-corrected chi connectivity index (χ3v) is 0. The summed E-state index contributed by atoms with van der Waals surface area (Å²) in [6.07, 6.45) is 0. The van der Waals surface area contributed by atoms with Crippen molar-refractivity contribution in [2.45, 2.75) is 0 Å². The summed E-state index contributed by atoms with van der Waals surface area (Å²) < 4.78 is 0. The Hall–Kier alpha value is 3.39. The molecule has 0 aliphatic heterocycles. The Morgan fingerprint density at radius 3 is 0.500 bits per heavy atom. The molecule has 0 atom stereocenters. The van der Waals surface area contributed by atoms with Crippen LogP contribution in [0, 0.1) is 0 Å². The third kappa shape index (κ3) is 26.2. The van der Waals surface area contributed by atoms with Crippen LogP contribution in [0.3, 0.4) is 0 Å². The minimum absolute atomic E-state index is 0. The number of halogens is 4. The van der Waals surface area contributed by atoms with Crippen molar-refractivity contribution in [1.82, 2.24) is 0 Å². The van der Waals surface area contributed by atoms with E-state index in [-0.39, 0.29) is 114 Å². The number of rotatable bonds is 0. The molecule has 0 saturated heterocycles. The molecule has 0 aromatic rings. The molecule has 0 nitrogen and oxygen atoms in total. The summed E-state index contributed by atoms with van der Waals surface area (Å²) in [5.74, 6) is 0. The maximum atomic E-state index is 0. The summed E-state index contributed by atoms with van der Waals surface area (Å²) in [6.45, 7) is 0. The van der Waals surface area contributed by atoms with Crippen molar-refractivity contribution in [3.05, 3.63) is 0 Å². The summed E-state index contributed by atoms with van der Waals surface area (Å²) >= 11 is 0. The molecule has 0 aliphatic carbocycles. The van der Waals surface area contributed by atoms with Crippen molar-refractivity contribution in [3.8, 4) is 0 Å². The van der Waals surface area contributed by atoms with E-state index in [2.05, 4.69) is 0 Å². The number of hydrogen-bond acceptors (Lipinski definition) is 0. The van der Waals surface area contributed by atoms with Gasteiger partial charge in [0.1, 0.15) is 0 Å². The molecule has 0 heterocycles. The van der Waals surface area contributed by atoms with Crippen LogP contribution in [-0.4, -0.2) is 53.1 Å². The van der Waals surface area contributed by atoms with Gasteiger partial charge in [-0.05, 0) is 0 Å². The molecule has 0 N–H and O–H groups in total. The quantitative estimate of drug-likeness (QED) is 0.323. The van der Waals surface area contributed by atoms with E-state index in [1.165, 1.54) is 0 Å². The molecular weight excluding hydrogens is 651 g/mol. The van der Waals surface area contributed by atoms with Crippen LogP contribution in [0.4, 0.5) is 0 Å². The number of hydrogen-bond donors (Lipinski definition) is 0. The van der Waals surface area contributed by atoms with Crippen LogP contribution < -0.4 is 0 Å². The van der Waals surface area contributed by atoms with Gasteiger partial charge in [0.25, 0.3) is 0 Å². The van der Waals surface area contributed by atoms with Crippen molar-refractivity contribution in [3.63, 3.8) is 0 Å². The zero-order chi connectivity index (χ0) is 0. The average Bonchev–Trinajstić information content (AvgIpc) is 0. The first-order valence-electron chi connectivity index (χ1n) is 0. The summed E-state index contributed by atoms with van der Waals surface area (Å²) in [5, 5.41) is 0. The molecule has 0 radical (unpaired) electrons. The van der Waals surface area contributed by atoms with Crippen LogP contribution >= 0.6 is 61.2 Å². The molecule has 0 aromatic heterocycles. The molecule has 0 aliphatic rings. The molecule has 6 heteroatoms. The van der Waals surface area contributed by atoms with Crippen molar-refractivity contribution < 1.29 is 0 Å². The van der Waals surface area contributed by atoms with Gasteiger partial charge in [-0.3, -0.25) is 0 Å². The second-order valence-electron chi connectivity index (χ2n) is 0. The van der Waals surface area contributed by atoms with Crippen molar-refractivity contribution in [2.75, 3.05) is 0 Å². The van der Waals surface area contributed by atoms with E-state index in [0.717, 1.165) is 0 Å². The Kier molecular flexibility index (Phi) is 382. The topological polar surface area (TPSA) is 0 Å². The van der Waals surface area contributed by atoms with Crippen LogP contribution in [0.25, 0.3) is 0 Å². The predicted molar refractivity (Wildman–Crippen MR) is 54.2 cm³/mol. The van der Waals surface area contributed by atoms with E-state index in [9.17, 15) is 0 Å². The van der Waals surface area contributed by atoms with Gasteiger partial charge in [-0.25, -0.2) is 0 Å². The van der Waals surface area contributed by atoms with Gasteiger partial charge in [0, 0.05) is 0 Å². The first-order valence-corrected chi connectivity index (χ1v) is 0. The molecule has 0 amide bonds. The first kappa shape index (κ1) is 57.5. The Labute approximate surface area is 112 Å². The van der Waals surface area contributed by atoms with Gasteiger partial charge >= 0.3 is 53.1 Å². The first-order chi connectivity index (χ1) is 0. The monoisotopic (exact) mass is 658 g/mol. The van der Waals surface area contributed by atoms with Gasteiger partial charge in [0.2, 0.25) is 0 Å². The van der Waals surface area contributed by atoms with Gasteiger partial charge in [-0.1, -0.05) is 0 Å². The van der Waals surface area contributed by atoms with Crippen molar-refractivity contribution in [2.24, 2.45) is 0 Å². The second kappa shape index (κ2) is 39.9. The molecule has 0 unspecified atom stereocenters. The SMILES string of the molecule is Cl.Cl.Cl.I.[PoH2].[PoH2]. The normalized spacial score (nSPS) is 0. The van der Waals surface area contributed by atoms with E-state index in [4.69, 9.17) is 0 Å². The van der Waals surface area contributed by atoms with Gasteiger partial charge in [0.05, 0.1) is 0 Å². The maximum absolute atomic E-state index is 0. The van der Waals surface area contributed by atoms with Crippen LogP contribution in [0.5, 0.6) is 0 Å². The van der Waals surface area contributed by atoms with E-state index in [1.54, 1.807) is 0 Å². The van der Waals surface area contributed by atoms with E-state index in [0.29, 0.717) is 0 Å². The van der Waals surface area contributed by atoms with E-state index >= 15 is 0 Å². The Balaban J connectivity index is 0. The third-order valence-electron chi connectivity index (χ3n) is 0. The van der Waals surface area contributed by atoms with Gasteiger partial charge in [-0.2, -0.15) is 0 Å². The standard InChI is InChI=1S/3ClH.HI.2Po.4H/h4*1H;;;;;;.